The van der Waals surface area contributed by atoms with Gasteiger partial charge in [0.2, 0.25) is 0 Å². The zero-order valence-electron chi connectivity index (χ0n) is 20.3. The number of amides is 2. The minimum absolute atomic E-state index is 0.0960. The van der Waals surface area contributed by atoms with Gasteiger partial charge in [-0.2, -0.15) is 0 Å². The topological polar surface area (TPSA) is 135 Å². The molecule has 0 spiro atoms. The third kappa shape index (κ3) is 4.81. The van der Waals surface area contributed by atoms with Gasteiger partial charge in [-0.3, -0.25) is 19.8 Å². The molecule has 0 aliphatic carbocycles. The van der Waals surface area contributed by atoms with E-state index in [4.69, 9.17) is 10.1 Å². The number of fused-ring (bicyclic) bond motifs is 1. The Morgan fingerprint density at radius 3 is 2.44 bits per heavy atom. The van der Waals surface area contributed by atoms with Crippen LogP contribution in [0, 0.1) is 5.41 Å². The number of carbonyl (C=O) groups is 3. The molecular weight excluding hydrogens is 462 g/mol. The zero-order valence-corrected chi connectivity index (χ0v) is 20.3. The number of aromatic nitrogens is 2. The number of ether oxygens (including phenoxy) is 1. The smallest absolute Gasteiger partial charge is 0.295 e. The molecule has 2 aromatic heterocycles. The van der Waals surface area contributed by atoms with E-state index in [1.165, 1.54) is 30.7 Å². The molecule has 1 aromatic carbocycles. The lowest BCUT2D eigenvalue weighted by atomic mass is 10.1. The van der Waals surface area contributed by atoms with Crippen LogP contribution in [-0.4, -0.2) is 89.9 Å². The number of Topliss-reactive ketones (excluding diaryl/α,β-unsaturated/α-hetero) is 1. The number of hydrogen-bond donors (Lipinski definition) is 2. The van der Waals surface area contributed by atoms with Crippen molar-refractivity contribution in [1.82, 2.24) is 19.8 Å². The minimum Gasteiger partial charge on any atom is -0.494 e. The number of amidine groups is 1. The Kier molecular flexibility index (Phi) is 7.09. The molecule has 0 saturated carbocycles. The van der Waals surface area contributed by atoms with Gasteiger partial charge in [0.15, 0.2) is 5.82 Å². The van der Waals surface area contributed by atoms with Crippen LogP contribution < -0.4 is 9.64 Å². The van der Waals surface area contributed by atoms with E-state index >= 15 is 0 Å². The minimum atomic E-state index is -0.675. The van der Waals surface area contributed by atoms with Crippen molar-refractivity contribution in [3.05, 3.63) is 53.9 Å². The Labute approximate surface area is 207 Å². The summed E-state index contributed by atoms with van der Waals surface area (Å²) >= 11 is 0. The van der Waals surface area contributed by atoms with E-state index in [0.29, 0.717) is 41.1 Å². The monoisotopic (exact) mass is 489 g/mol. The van der Waals surface area contributed by atoms with E-state index in [9.17, 15) is 14.4 Å². The van der Waals surface area contributed by atoms with Gasteiger partial charge in [0, 0.05) is 45.0 Å². The van der Waals surface area contributed by atoms with Gasteiger partial charge in [0.25, 0.3) is 17.6 Å². The summed E-state index contributed by atoms with van der Waals surface area (Å²) in [7, 11) is 3.18. The number of nitrogens with zero attached hydrogens (tertiary/aromatic N) is 5. The molecule has 0 unspecified atom stereocenters. The van der Waals surface area contributed by atoms with Crippen LogP contribution in [-0.2, 0) is 4.79 Å². The normalized spacial score (nSPS) is 13.8. The summed E-state index contributed by atoms with van der Waals surface area (Å²) in [6.07, 6.45) is 4.39. The average Bonchev–Trinajstić information content (AvgIpc) is 3.36. The molecule has 1 fully saturated rings. The van der Waals surface area contributed by atoms with Gasteiger partial charge >= 0.3 is 0 Å². The van der Waals surface area contributed by atoms with Gasteiger partial charge in [-0.15, -0.1) is 0 Å². The Morgan fingerprint density at radius 1 is 1.14 bits per heavy atom. The number of rotatable bonds is 6. The molecule has 4 rings (SSSR count). The first-order valence-electron chi connectivity index (χ1n) is 11.4. The van der Waals surface area contributed by atoms with Crippen molar-refractivity contribution in [3.63, 3.8) is 0 Å². The molecule has 0 radical (unpaired) electrons. The lowest BCUT2D eigenvalue weighted by Crippen LogP contribution is -2.52. The molecule has 36 heavy (non-hydrogen) atoms. The highest BCUT2D eigenvalue weighted by Crippen LogP contribution is 2.33. The fourth-order valence-electron chi connectivity index (χ4n) is 4.07. The second-order valence-corrected chi connectivity index (χ2v) is 8.32. The van der Waals surface area contributed by atoms with Gasteiger partial charge in [-0.05, 0) is 19.1 Å². The largest absolute Gasteiger partial charge is 0.494 e. The number of piperazine rings is 1. The summed E-state index contributed by atoms with van der Waals surface area (Å²) in [6.45, 7) is 2.76. The Hall–Kier alpha value is -4.54. The van der Waals surface area contributed by atoms with Crippen molar-refractivity contribution < 1.29 is 19.1 Å². The predicted molar refractivity (Wildman–Crippen MR) is 136 cm³/mol. The quantitative estimate of drug-likeness (QED) is 0.236. The van der Waals surface area contributed by atoms with Crippen LogP contribution in [0.3, 0.4) is 0 Å². The van der Waals surface area contributed by atoms with E-state index in [1.54, 1.807) is 35.9 Å². The highest BCUT2D eigenvalue weighted by atomic mass is 16.5. The molecule has 11 nitrogen and oxygen atoms in total. The maximum absolute atomic E-state index is 13.3. The van der Waals surface area contributed by atoms with Crippen LogP contribution in [0.2, 0.25) is 0 Å². The Balaban J connectivity index is 1.53. The van der Waals surface area contributed by atoms with Crippen molar-refractivity contribution in [2.45, 2.75) is 6.92 Å². The summed E-state index contributed by atoms with van der Waals surface area (Å²) in [5.41, 5.74) is 1.27. The number of carbonyl (C=O) groups excluding carboxylic acids is 3. The van der Waals surface area contributed by atoms with Crippen LogP contribution in [0.1, 0.15) is 27.6 Å². The van der Waals surface area contributed by atoms with Crippen LogP contribution in [0.4, 0.5) is 5.82 Å². The third-order valence-corrected chi connectivity index (χ3v) is 5.95. The fourth-order valence-corrected chi connectivity index (χ4v) is 4.07. The zero-order chi connectivity index (χ0) is 25.8. The number of nitrogens with one attached hydrogen (secondary N) is 2. The summed E-state index contributed by atoms with van der Waals surface area (Å²) in [4.78, 5) is 55.2. The van der Waals surface area contributed by atoms with E-state index in [-0.39, 0.29) is 30.4 Å². The summed E-state index contributed by atoms with van der Waals surface area (Å²) in [5.74, 6) is -0.483. The molecule has 186 valence electrons. The average molecular weight is 490 g/mol. The first-order chi connectivity index (χ1) is 17.3. The molecule has 11 heteroatoms. The van der Waals surface area contributed by atoms with Crippen molar-refractivity contribution in [3.8, 4) is 5.75 Å². The maximum atomic E-state index is 13.3. The van der Waals surface area contributed by atoms with E-state index < -0.39 is 11.7 Å². The van der Waals surface area contributed by atoms with Crippen molar-refractivity contribution in [2.75, 3.05) is 45.2 Å². The van der Waals surface area contributed by atoms with E-state index in [1.807, 2.05) is 18.2 Å². The van der Waals surface area contributed by atoms with Crippen LogP contribution >= 0.6 is 0 Å². The summed E-state index contributed by atoms with van der Waals surface area (Å²) in [5, 5.41) is 7.92. The van der Waals surface area contributed by atoms with Gasteiger partial charge in [-0.1, -0.05) is 18.2 Å². The number of aromatic amines is 1. The molecule has 3 heterocycles. The molecule has 2 amide bonds. The van der Waals surface area contributed by atoms with Crippen molar-refractivity contribution in [2.24, 2.45) is 4.99 Å². The van der Waals surface area contributed by atoms with E-state index in [2.05, 4.69) is 15.0 Å². The Morgan fingerprint density at radius 2 is 1.81 bits per heavy atom. The number of hydrogen-bond acceptors (Lipinski definition) is 6. The lowest BCUT2D eigenvalue weighted by Gasteiger charge is -2.34. The molecule has 0 atom stereocenters. The van der Waals surface area contributed by atoms with E-state index in [0.717, 1.165) is 0 Å². The SMILES string of the molecule is COc1cnc(N(C)C=NC(C)=N)c2[nH]cc(C(=O)C(=O)N3CCN(C(=O)c4ccccc4)CC3)c12. The fraction of sp³-hybridized carbons (Fsp3) is 0.280. The summed E-state index contributed by atoms with van der Waals surface area (Å²) in [6, 6.07) is 8.97. The number of anilines is 1. The molecule has 1 saturated heterocycles. The molecular formula is C25H27N7O4. The number of H-pyrrole nitrogens is 1. The lowest BCUT2D eigenvalue weighted by molar-refractivity contribution is -0.127. The van der Waals surface area contributed by atoms with Crippen molar-refractivity contribution in [1.29, 1.82) is 5.41 Å². The number of ketones is 1. The van der Waals surface area contributed by atoms with Gasteiger partial charge in [-0.25, -0.2) is 9.98 Å². The standard InChI is InChI=1S/C25H27N7O4/c1-16(26)29-15-30(2)23-21-20(19(36-3)14-28-23)18(13-27-21)22(33)25(35)32-11-9-31(10-12-32)24(34)17-7-5-4-6-8-17/h4-8,13-15,26-27H,9-12H2,1-3H3. The van der Waals surface area contributed by atoms with Gasteiger partial charge in [0.1, 0.15) is 11.6 Å². The third-order valence-electron chi connectivity index (χ3n) is 5.95. The van der Waals surface area contributed by atoms with Gasteiger partial charge in [0.05, 0.1) is 36.1 Å². The first kappa shape index (κ1) is 24.6. The molecule has 1 aliphatic rings. The highest BCUT2D eigenvalue weighted by molar-refractivity contribution is 6.45. The molecule has 0 bridgehead atoms. The number of aliphatic imine (C=N–C) groups is 1. The first-order valence-corrected chi connectivity index (χ1v) is 11.4. The Bertz CT molecular complexity index is 1340. The number of pyridine rings is 1. The number of methoxy groups -OCH3 is 1. The van der Waals surface area contributed by atoms with Crippen LogP contribution in [0.5, 0.6) is 5.75 Å². The van der Waals surface area contributed by atoms with Crippen LogP contribution in [0.25, 0.3) is 10.9 Å². The second-order valence-electron chi connectivity index (χ2n) is 8.32. The second kappa shape index (κ2) is 10.4. The maximum Gasteiger partial charge on any atom is 0.295 e. The van der Waals surface area contributed by atoms with Gasteiger partial charge < -0.3 is 24.4 Å². The van der Waals surface area contributed by atoms with Crippen molar-refractivity contribution >= 4 is 46.5 Å². The predicted octanol–water partition coefficient (Wildman–Crippen LogP) is 2.20. The number of benzene rings is 1. The van der Waals surface area contributed by atoms with Crippen LogP contribution in [0.15, 0.2) is 47.7 Å². The molecule has 3 aromatic rings. The summed E-state index contributed by atoms with van der Waals surface area (Å²) < 4.78 is 5.43. The molecule has 1 aliphatic heterocycles. The molecule has 2 N–H and O–H groups in total. The highest BCUT2D eigenvalue weighted by Gasteiger charge is 2.31.